The number of hydrogen-bond acceptors (Lipinski definition) is 3. The largest absolute Gasteiger partial charge is 0.378 e. The van der Waals surface area contributed by atoms with Crippen LogP contribution in [0.3, 0.4) is 0 Å². The lowest BCUT2D eigenvalue weighted by atomic mass is 10.1. The maximum Gasteiger partial charge on any atom is 0.165 e. The van der Waals surface area contributed by atoms with Crippen LogP contribution in [0.2, 0.25) is 0 Å². The number of nitrogens with two attached hydrogens (primary N) is 1. The Kier molecular flexibility index (Phi) is 2.04. The Morgan fingerprint density at radius 1 is 1.43 bits per heavy atom. The van der Waals surface area contributed by atoms with E-state index in [1.165, 1.54) is 0 Å². The molecule has 0 saturated carbocycles. The third-order valence-electron chi connectivity index (χ3n) is 2.66. The van der Waals surface area contributed by atoms with Crippen LogP contribution < -0.4 is 10.6 Å². The van der Waals surface area contributed by atoms with Crippen LogP contribution in [0.15, 0.2) is 18.2 Å². The first-order chi connectivity index (χ1) is 6.59. The standard InChI is InChI=1S/C11H14N2O/c1-13(2)7-3-4-8-9(5-7)10(12)6-11(8)14/h3-5,10H,6,12H2,1-2H3/t10-/m0/s1. The number of hydrogen-bond donors (Lipinski definition) is 1. The molecule has 0 aromatic heterocycles. The number of carbonyl (C=O) groups is 1. The van der Waals surface area contributed by atoms with E-state index in [1.807, 2.05) is 37.2 Å². The third-order valence-corrected chi connectivity index (χ3v) is 2.66. The van der Waals surface area contributed by atoms with Gasteiger partial charge in [-0.15, -0.1) is 0 Å². The molecule has 0 radical (unpaired) electrons. The van der Waals surface area contributed by atoms with Crippen molar-refractivity contribution in [3.63, 3.8) is 0 Å². The number of carbonyl (C=O) groups excluding carboxylic acids is 1. The maximum absolute atomic E-state index is 11.5. The summed E-state index contributed by atoms with van der Waals surface area (Å²) in [5.41, 5.74) is 8.74. The number of ketones is 1. The van der Waals surface area contributed by atoms with E-state index < -0.39 is 0 Å². The van der Waals surface area contributed by atoms with Crippen molar-refractivity contribution in [3.8, 4) is 0 Å². The van der Waals surface area contributed by atoms with Crippen molar-refractivity contribution in [2.75, 3.05) is 19.0 Å². The van der Waals surface area contributed by atoms with Gasteiger partial charge in [0.25, 0.3) is 0 Å². The van der Waals surface area contributed by atoms with Crippen LogP contribution in [0.4, 0.5) is 5.69 Å². The van der Waals surface area contributed by atoms with Crippen molar-refractivity contribution in [3.05, 3.63) is 29.3 Å². The highest BCUT2D eigenvalue weighted by atomic mass is 16.1. The van der Waals surface area contributed by atoms with Gasteiger partial charge in [-0.1, -0.05) is 0 Å². The van der Waals surface area contributed by atoms with Gasteiger partial charge in [-0.25, -0.2) is 0 Å². The van der Waals surface area contributed by atoms with Crippen molar-refractivity contribution < 1.29 is 4.79 Å². The molecule has 2 N–H and O–H groups in total. The van der Waals surface area contributed by atoms with Crippen molar-refractivity contribution in [1.82, 2.24) is 0 Å². The fourth-order valence-corrected chi connectivity index (χ4v) is 1.81. The first-order valence-corrected chi connectivity index (χ1v) is 4.69. The first-order valence-electron chi connectivity index (χ1n) is 4.69. The Morgan fingerprint density at radius 2 is 2.14 bits per heavy atom. The molecule has 14 heavy (non-hydrogen) atoms. The monoisotopic (exact) mass is 190 g/mol. The van der Waals surface area contributed by atoms with E-state index >= 15 is 0 Å². The van der Waals surface area contributed by atoms with Crippen molar-refractivity contribution in [2.45, 2.75) is 12.5 Å². The predicted octanol–water partition coefficient (Wildman–Crippen LogP) is 1.34. The Hall–Kier alpha value is -1.35. The molecule has 1 aromatic rings. The molecule has 0 fully saturated rings. The molecule has 1 aliphatic carbocycles. The van der Waals surface area contributed by atoms with Gasteiger partial charge in [-0.05, 0) is 23.8 Å². The summed E-state index contributed by atoms with van der Waals surface area (Å²) >= 11 is 0. The molecule has 0 heterocycles. The molecule has 74 valence electrons. The van der Waals surface area contributed by atoms with Crippen LogP contribution in [0.1, 0.15) is 28.4 Å². The average molecular weight is 190 g/mol. The Labute approximate surface area is 83.5 Å². The zero-order valence-electron chi connectivity index (χ0n) is 8.45. The summed E-state index contributed by atoms with van der Waals surface area (Å²) in [4.78, 5) is 13.5. The predicted molar refractivity (Wildman–Crippen MR) is 56.6 cm³/mol. The molecule has 0 saturated heterocycles. The van der Waals surface area contributed by atoms with E-state index in [0.29, 0.717) is 6.42 Å². The summed E-state index contributed by atoms with van der Waals surface area (Å²) in [5.74, 6) is 0.165. The zero-order chi connectivity index (χ0) is 10.3. The molecule has 0 bridgehead atoms. The number of fused-ring (bicyclic) bond motifs is 1. The van der Waals surface area contributed by atoms with E-state index in [4.69, 9.17) is 5.73 Å². The number of nitrogens with zero attached hydrogens (tertiary/aromatic N) is 1. The van der Waals surface area contributed by atoms with Crippen LogP contribution in [-0.2, 0) is 0 Å². The van der Waals surface area contributed by atoms with Crippen LogP contribution in [0.5, 0.6) is 0 Å². The summed E-state index contributed by atoms with van der Waals surface area (Å²) in [6.45, 7) is 0. The van der Waals surface area contributed by atoms with E-state index in [1.54, 1.807) is 0 Å². The summed E-state index contributed by atoms with van der Waals surface area (Å²) in [6.07, 6.45) is 0.451. The lowest BCUT2D eigenvalue weighted by Gasteiger charge is -2.14. The maximum atomic E-state index is 11.5. The second-order valence-corrected chi connectivity index (χ2v) is 3.90. The van der Waals surface area contributed by atoms with Gasteiger partial charge in [0, 0.05) is 37.8 Å². The zero-order valence-corrected chi connectivity index (χ0v) is 8.45. The van der Waals surface area contributed by atoms with Gasteiger partial charge in [0.1, 0.15) is 0 Å². The van der Waals surface area contributed by atoms with Gasteiger partial charge >= 0.3 is 0 Å². The Balaban J connectivity index is 2.50. The Morgan fingerprint density at radius 3 is 2.79 bits per heavy atom. The highest BCUT2D eigenvalue weighted by Crippen LogP contribution is 2.31. The molecule has 0 amide bonds. The SMILES string of the molecule is CN(C)c1ccc2c(c1)[C@@H](N)CC2=O. The molecule has 0 unspecified atom stereocenters. The number of benzene rings is 1. The van der Waals surface area contributed by atoms with Crippen LogP contribution in [0, 0.1) is 0 Å². The van der Waals surface area contributed by atoms with Gasteiger partial charge in [0.2, 0.25) is 0 Å². The van der Waals surface area contributed by atoms with Crippen LogP contribution in [-0.4, -0.2) is 19.9 Å². The molecule has 0 aliphatic heterocycles. The van der Waals surface area contributed by atoms with Gasteiger partial charge in [0.05, 0.1) is 0 Å². The van der Waals surface area contributed by atoms with Crippen molar-refractivity contribution in [2.24, 2.45) is 5.73 Å². The summed E-state index contributed by atoms with van der Waals surface area (Å²) < 4.78 is 0. The number of rotatable bonds is 1. The second kappa shape index (κ2) is 3.10. The third kappa shape index (κ3) is 1.30. The Bertz CT molecular complexity index is 385. The topological polar surface area (TPSA) is 46.3 Å². The normalized spacial score (nSPS) is 19.6. The molecule has 0 spiro atoms. The van der Waals surface area contributed by atoms with Crippen molar-refractivity contribution >= 4 is 11.5 Å². The van der Waals surface area contributed by atoms with E-state index in [0.717, 1.165) is 16.8 Å². The average Bonchev–Trinajstić information content (AvgIpc) is 2.42. The fraction of sp³-hybridized carbons (Fsp3) is 0.364. The first kappa shape index (κ1) is 9.21. The highest BCUT2D eigenvalue weighted by Gasteiger charge is 2.26. The summed E-state index contributed by atoms with van der Waals surface area (Å²) in [7, 11) is 3.95. The smallest absolute Gasteiger partial charge is 0.165 e. The van der Waals surface area contributed by atoms with Crippen LogP contribution >= 0.6 is 0 Å². The molecule has 1 atom stereocenters. The number of anilines is 1. The fourth-order valence-electron chi connectivity index (χ4n) is 1.81. The molecule has 3 nitrogen and oxygen atoms in total. The minimum Gasteiger partial charge on any atom is -0.378 e. The lowest BCUT2D eigenvalue weighted by Crippen LogP contribution is -2.10. The van der Waals surface area contributed by atoms with Gasteiger partial charge < -0.3 is 10.6 Å². The summed E-state index contributed by atoms with van der Waals surface area (Å²) in [5, 5.41) is 0. The molecule has 1 aromatic carbocycles. The van der Waals surface area contributed by atoms with E-state index in [-0.39, 0.29) is 11.8 Å². The minimum atomic E-state index is -0.114. The minimum absolute atomic E-state index is 0.114. The van der Waals surface area contributed by atoms with E-state index in [2.05, 4.69) is 0 Å². The highest BCUT2D eigenvalue weighted by molar-refractivity contribution is 6.01. The molecular weight excluding hydrogens is 176 g/mol. The quantitative estimate of drug-likeness (QED) is 0.727. The van der Waals surface area contributed by atoms with E-state index in [9.17, 15) is 4.79 Å². The molecular formula is C11H14N2O. The summed E-state index contributed by atoms with van der Waals surface area (Å²) in [6, 6.07) is 5.72. The van der Waals surface area contributed by atoms with Gasteiger partial charge in [-0.3, -0.25) is 4.79 Å². The molecule has 1 aliphatic rings. The lowest BCUT2D eigenvalue weighted by molar-refractivity contribution is 0.0989. The van der Waals surface area contributed by atoms with Crippen LogP contribution in [0.25, 0.3) is 0 Å². The molecule has 3 heteroatoms. The second-order valence-electron chi connectivity index (χ2n) is 3.90. The number of Topliss-reactive ketones (excluding diaryl/α,β-unsaturated/α-hetero) is 1. The molecule has 2 rings (SSSR count). The van der Waals surface area contributed by atoms with Gasteiger partial charge in [0.15, 0.2) is 5.78 Å². The van der Waals surface area contributed by atoms with Crippen molar-refractivity contribution in [1.29, 1.82) is 0 Å². The van der Waals surface area contributed by atoms with Gasteiger partial charge in [-0.2, -0.15) is 0 Å².